The molecule has 1 heterocycles. The normalized spacial score (nSPS) is 12.0. The standard InChI is InChI=1S/C18H24N2O2/c1-12-9-16(17-7-6-8-20(17)5)10-13(2)18(12)22-11-14(3)19-15(4)21/h6-10,14H,11H2,1-5H3,(H,19,21). The first-order chi connectivity index (χ1) is 10.4. The van der Waals surface area contributed by atoms with Gasteiger partial charge in [0.25, 0.3) is 0 Å². The largest absolute Gasteiger partial charge is 0.491 e. The number of aryl methyl sites for hydroxylation is 3. The maximum absolute atomic E-state index is 11.0. The number of carbonyl (C=O) groups is 1. The van der Waals surface area contributed by atoms with Crippen molar-refractivity contribution in [2.75, 3.05) is 6.61 Å². The second-order valence-electron chi connectivity index (χ2n) is 5.86. The molecule has 0 spiro atoms. The van der Waals surface area contributed by atoms with E-state index in [0.29, 0.717) is 6.61 Å². The second-order valence-corrected chi connectivity index (χ2v) is 5.86. The zero-order valence-corrected chi connectivity index (χ0v) is 13.9. The summed E-state index contributed by atoms with van der Waals surface area (Å²) in [4.78, 5) is 11.0. The Balaban J connectivity index is 2.17. The first kappa shape index (κ1) is 16.1. The van der Waals surface area contributed by atoms with Crippen LogP contribution in [0.2, 0.25) is 0 Å². The number of hydrogen-bond acceptors (Lipinski definition) is 2. The van der Waals surface area contributed by atoms with E-state index in [1.807, 2.05) is 26.2 Å². The molecule has 0 aliphatic carbocycles. The van der Waals surface area contributed by atoms with Crippen molar-refractivity contribution < 1.29 is 9.53 Å². The van der Waals surface area contributed by atoms with Crippen molar-refractivity contribution in [3.63, 3.8) is 0 Å². The lowest BCUT2D eigenvalue weighted by Gasteiger charge is -2.18. The van der Waals surface area contributed by atoms with Crippen molar-refractivity contribution >= 4 is 5.91 Å². The van der Waals surface area contributed by atoms with Crippen LogP contribution in [-0.2, 0) is 11.8 Å². The van der Waals surface area contributed by atoms with Gasteiger partial charge in [-0.3, -0.25) is 4.79 Å². The van der Waals surface area contributed by atoms with Crippen molar-refractivity contribution in [2.45, 2.75) is 33.7 Å². The molecular formula is C18H24N2O2. The van der Waals surface area contributed by atoms with Gasteiger partial charge >= 0.3 is 0 Å². The molecule has 2 rings (SSSR count). The zero-order valence-electron chi connectivity index (χ0n) is 13.9. The molecule has 0 fully saturated rings. The lowest BCUT2D eigenvalue weighted by atomic mass is 10.0. The molecule has 4 nitrogen and oxygen atoms in total. The molecule has 4 heteroatoms. The first-order valence-corrected chi connectivity index (χ1v) is 7.51. The van der Waals surface area contributed by atoms with Crippen LogP contribution in [-0.4, -0.2) is 23.1 Å². The number of amides is 1. The molecule has 1 aromatic carbocycles. The highest BCUT2D eigenvalue weighted by Crippen LogP contribution is 2.30. The summed E-state index contributed by atoms with van der Waals surface area (Å²) in [6.45, 7) is 8.02. The predicted molar refractivity (Wildman–Crippen MR) is 89.1 cm³/mol. The summed E-state index contributed by atoms with van der Waals surface area (Å²) < 4.78 is 8.02. The van der Waals surface area contributed by atoms with Crippen LogP contribution in [0.5, 0.6) is 5.75 Å². The first-order valence-electron chi connectivity index (χ1n) is 7.51. The van der Waals surface area contributed by atoms with Gasteiger partial charge in [-0.1, -0.05) is 0 Å². The quantitative estimate of drug-likeness (QED) is 0.921. The summed E-state index contributed by atoms with van der Waals surface area (Å²) in [6.07, 6.45) is 2.04. The Hall–Kier alpha value is -2.23. The van der Waals surface area contributed by atoms with Crippen molar-refractivity contribution in [2.24, 2.45) is 7.05 Å². The van der Waals surface area contributed by atoms with Gasteiger partial charge in [0.05, 0.1) is 6.04 Å². The fourth-order valence-electron chi connectivity index (χ4n) is 2.68. The van der Waals surface area contributed by atoms with E-state index >= 15 is 0 Å². The zero-order chi connectivity index (χ0) is 16.3. The van der Waals surface area contributed by atoms with Gasteiger partial charge < -0.3 is 14.6 Å². The molecule has 0 saturated carbocycles. The van der Waals surface area contributed by atoms with Crippen LogP contribution in [0, 0.1) is 13.8 Å². The van der Waals surface area contributed by atoms with Gasteiger partial charge in [0.15, 0.2) is 0 Å². The van der Waals surface area contributed by atoms with E-state index in [1.165, 1.54) is 18.2 Å². The van der Waals surface area contributed by atoms with Gasteiger partial charge in [-0.25, -0.2) is 0 Å². The van der Waals surface area contributed by atoms with Gasteiger partial charge in [-0.2, -0.15) is 0 Å². The van der Waals surface area contributed by atoms with E-state index in [9.17, 15) is 4.79 Å². The van der Waals surface area contributed by atoms with E-state index in [4.69, 9.17) is 4.74 Å². The van der Waals surface area contributed by atoms with Crippen LogP contribution in [0.15, 0.2) is 30.5 Å². The highest BCUT2D eigenvalue weighted by Gasteiger charge is 2.11. The summed E-state index contributed by atoms with van der Waals surface area (Å²) in [5, 5.41) is 2.83. The molecule has 0 aliphatic heterocycles. The molecule has 1 atom stereocenters. The van der Waals surface area contributed by atoms with E-state index in [2.05, 4.69) is 41.9 Å². The molecule has 1 amide bonds. The molecule has 0 saturated heterocycles. The molecule has 118 valence electrons. The smallest absolute Gasteiger partial charge is 0.217 e. The van der Waals surface area contributed by atoms with E-state index in [-0.39, 0.29) is 11.9 Å². The molecule has 1 unspecified atom stereocenters. The van der Waals surface area contributed by atoms with Crippen LogP contribution in [0.4, 0.5) is 0 Å². The Morgan fingerprint density at radius 2 is 1.95 bits per heavy atom. The predicted octanol–water partition coefficient (Wildman–Crippen LogP) is 3.21. The lowest BCUT2D eigenvalue weighted by molar-refractivity contribution is -0.119. The minimum atomic E-state index is -0.0383. The highest BCUT2D eigenvalue weighted by atomic mass is 16.5. The van der Waals surface area contributed by atoms with Crippen LogP contribution in [0.1, 0.15) is 25.0 Å². The number of ether oxygens (including phenoxy) is 1. The Morgan fingerprint density at radius 1 is 1.32 bits per heavy atom. The van der Waals surface area contributed by atoms with Crippen molar-refractivity contribution in [1.29, 1.82) is 0 Å². The Labute approximate surface area is 132 Å². The third-order valence-corrected chi connectivity index (χ3v) is 3.63. The number of rotatable bonds is 5. The van der Waals surface area contributed by atoms with E-state index in [0.717, 1.165) is 16.9 Å². The van der Waals surface area contributed by atoms with Crippen LogP contribution >= 0.6 is 0 Å². The molecule has 22 heavy (non-hydrogen) atoms. The number of nitrogens with one attached hydrogen (secondary N) is 1. The molecule has 0 aliphatic rings. The minimum absolute atomic E-state index is 0.0103. The fraction of sp³-hybridized carbons (Fsp3) is 0.389. The van der Waals surface area contributed by atoms with Crippen molar-refractivity contribution in [3.05, 3.63) is 41.6 Å². The third-order valence-electron chi connectivity index (χ3n) is 3.63. The monoisotopic (exact) mass is 300 g/mol. The van der Waals surface area contributed by atoms with Gasteiger partial charge in [0, 0.05) is 25.9 Å². The average molecular weight is 300 g/mol. The highest BCUT2D eigenvalue weighted by molar-refractivity contribution is 5.73. The van der Waals surface area contributed by atoms with Gasteiger partial charge in [-0.05, 0) is 61.7 Å². The minimum Gasteiger partial charge on any atom is -0.491 e. The van der Waals surface area contributed by atoms with Gasteiger partial charge in [0.1, 0.15) is 12.4 Å². The lowest BCUT2D eigenvalue weighted by Crippen LogP contribution is -2.35. The summed E-state index contributed by atoms with van der Waals surface area (Å²) in [6, 6.07) is 8.41. The maximum atomic E-state index is 11.0. The van der Waals surface area contributed by atoms with Crippen molar-refractivity contribution in [1.82, 2.24) is 9.88 Å². The molecule has 2 aromatic rings. The number of aromatic nitrogens is 1. The average Bonchev–Trinajstić information content (AvgIpc) is 2.83. The van der Waals surface area contributed by atoms with Crippen LogP contribution in [0.25, 0.3) is 11.3 Å². The van der Waals surface area contributed by atoms with Gasteiger partial charge in [0.2, 0.25) is 5.91 Å². The topological polar surface area (TPSA) is 43.3 Å². The molecule has 0 radical (unpaired) electrons. The van der Waals surface area contributed by atoms with Crippen LogP contribution in [0.3, 0.4) is 0 Å². The number of carbonyl (C=O) groups excluding carboxylic acids is 1. The second kappa shape index (κ2) is 6.69. The molecule has 1 N–H and O–H groups in total. The fourth-order valence-corrected chi connectivity index (χ4v) is 2.68. The van der Waals surface area contributed by atoms with Crippen molar-refractivity contribution in [3.8, 4) is 17.0 Å². The SMILES string of the molecule is CC(=O)NC(C)COc1c(C)cc(-c2cccn2C)cc1C. The van der Waals surface area contributed by atoms with Gasteiger partial charge in [-0.15, -0.1) is 0 Å². The Morgan fingerprint density at radius 3 is 2.45 bits per heavy atom. The Kier molecular flexibility index (Phi) is 4.91. The number of nitrogens with zero attached hydrogens (tertiary/aromatic N) is 1. The van der Waals surface area contributed by atoms with E-state index in [1.54, 1.807) is 0 Å². The van der Waals surface area contributed by atoms with Crippen LogP contribution < -0.4 is 10.1 Å². The molecular weight excluding hydrogens is 276 g/mol. The summed E-state index contributed by atoms with van der Waals surface area (Å²) in [5.74, 6) is 0.860. The number of hydrogen-bond donors (Lipinski definition) is 1. The third kappa shape index (κ3) is 3.70. The number of benzene rings is 1. The maximum Gasteiger partial charge on any atom is 0.217 e. The van der Waals surface area contributed by atoms with E-state index < -0.39 is 0 Å². The summed E-state index contributed by atoms with van der Waals surface area (Å²) >= 11 is 0. The summed E-state index contributed by atoms with van der Waals surface area (Å²) in [5.41, 5.74) is 4.58. The summed E-state index contributed by atoms with van der Waals surface area (Å²) in [7, 11) is 2.04. The molecule has 1 aromatic heterocycles. The Bertz CT molecular complexity index is 650. The molecule has 0 bridgehead atoms.